The molecule has 1 aromatic heterocycles. The number of carbonyl (C=O) groups is 1. The molecule has 1 aromatic rings. The maximum absolute atomic E-state index is 10.6. The second kappa shape index (κ2) is 5.14. The molecule has 1 unspecified atom stereocenters. The molecule has 0 radical (unpaired) electrons. The summed E-state index contributed by atoms with van der Waals surface area (Å²) in [7, 11) is 1.76. The molecule has 3 N–H and O–H groups in total. The van der Waals surface area contributed by atoms with Crippen molar-refractivity contribution in [3.8, 4) is 0 Å². The van der Waals surface area contributed by atoms with Crippen LogP contribution in [0.2, 0.25) is 0 Å². The first kappa shape index (κ1) is 11.2. The van der Waals surface area contributed by atoms with Crippen LogP contribution in [0.4, 0.5) is 11.6 Å². The molecular weight excluding hydrogens is 196 g/mol. The van der Waals surface area contributed by atoms with Gasteiger partial charge in [0.25, 0.3) is 0 Å². The first-order valence-corrected chi connectivity index (χ1v) is 4.60. The molecule has 15 heavy (non-hydrogen) atoms. The van der Waals surface area contributed by atoms with Crippen molar-refractivity contribution in [2.45, 2.75) is 6.92 Å². The van der Waals surface area contributed by atoms with Crippen LogP contribution in [-0.4, -0.2) is 34.6 Å². The molecule has 0 spiro atoms. The van der Waals surface area contributed by atoms with Crippen molar-refractivity contribution < 1.29 is 9.90 Å². The second-order valence-electron chi connectivity index (χ2n) is 3.16. The lowest BCUT2D eigenvalue weighted by molar-refractivity contribution is -0.140. The Labute approximate surface area is 87.8 Å². The van der Waals surface area contributed by atoms with Crippen LogP contribution >= 0.6 is 0 Å². The Bertz CT molecular complexity index is 343. The minimum atomic E-state index is -0.828. The molecule has 1 rings (SSSR count). The van der Waals surface area contributed by atoms with Gasteiger partial charge in [-0.2, -0.15) is 0 Å². The van der Waals surface area contributed by atoms with Crippen LogP contribution in [0.5, 0.6) is 0 Å². The first-order chi connectivity index (χ1) is 7.13. The van der Waals surface area contributed by atoms with Gasteiger partial charge < -0.3 is 15.7 Å². The molecule has 0 saturated heterocycles. The number of nitrogens with zero attached hydrogens (tertiary/aromatic N) is 2. The van der Waals surface area contributed by atoms with Gasteiger partial charge in [-0.05, 0) is 0 Å². The lowest BCUT2D eigenvalue weighted by Crippen LogP contribution is -2.20. The minimum absolute atomic E-state index is 0.343. The van der Waals surface area contributed by atoms with Crippen molar-refractivity contribution in [2.24, 2.45) is 5.92 Å². The molecule has 0 fully saturated rings. The standard InChI is InChI=1S/C9H14N4O2/c1-6(9(14)15)4-11-8-3-7(10-2)12-5-13-8/h3,5-6H,4H2,1-2H3,(H,14,15)(H2,10,11,12,13). The van der Waals surface area contributed by atoms with Gasteiger partial charge in [0.2, 0.25) is 0 Å². The third-order valence-electron chi connectivity index (χ3n) is 1.93. The molecule has 0 aromatic carbocycles. The number of rotatable bonds is 5. The van der Waals surface area contributed by atoms with Gasteiger partial charge in [0.15, 0.2) is 0 Å². The Morgan fingerprint density at radius 2 is 2.20 bits per heavy atom. The highest BCUT2D eigenvalue weighted by atomic mass is 16.4. The number of carboxylic acid groups (broad SMARTS) is 1. The van der Waals surface area contributed by atoms with Crippen LogP contribution in [0, 0.1) is 5.92 Å². The van der Waals surface area contributed by atoms with E-state index in [9.17, 15) is 4.79 Å². The number of hydrogen-bond donors (Lipinski definition) is 3. The average Bonchev–Trinajstić information content (AvgIpc) is 2.26. The molecule has 6 nitrogen and oxygen atoms in total. The Kier molecular flexibility index (Phi) is 3.84. The van der Waals surface area contributed by atoms with Gasteiger partial charge in [0.1, 0.15) is 18.0 Å². The molecule has 1 atom stereocenters. The Morgan fingerprint density at radius 1 is 1.53 bits per heavy atom. The molecule has 0 aliphatic rings. The Balaban J connectivity index is 2.53. The van der Waals surface area contributed by atoms with E-state index in [0.29, 0.717) is 18.2 Å². The fourth-order valence-corrected chi connectivity index (χ4v) is 0.936. The van der Waals surface area contributed by atoms with Crippen molar-refractivity contribution in [1.29, 1.82) is 0 Å². The second-order valence-corrected chi connectivity index (χ2v) is 3.16. The van der Waals surface area contributed by atoms with Gasteiger partial charge in [-0.3, -0.25) is 4.79 Å². The summed E-state index contributed by atoms with van der Waals surface area (Å²) in [5.41, 5.74) is 0. The Morgan fingerprint density at radius 3 is 2.80 bits per heavy atom. The molecular formula is C9H14N4O2. The highest BCUT2D eigenvalue weighted by Crippen LogP contribution is 2.08. The topological polar surface area (TPSA) is 87.1 Å². The molecule has 6 heteroatoms. The van der Waals surface area contributed by atoms with Crippen LogP contribution < -0.4 is 10.6 Å². The van der Waals surface area contributed by atoms with Crippen LogP contribution in [0.1, 0.15) is 6.92 Å². The third kappa shape index (κ3) is 3.41. The fourth-order valence-electron chi connectivity index (χ4n) is 0.936. The summed E-state index contributed by atoms with van der Waals surface area (Å²) >= 11 is 0. The van der Waals surface area contributed by atoms with E-state index >= 15 is 0 Å². The summed E-state index contributed by atoms with van der Waals surface area (Å²) in [4.78, 5) is 18.5. The fraction of sp³-hybridized carbons (Fsp3) is 0.444. The number of anilines is 2. The molecule has 0 saturated carbocycles. The van der Waals surface area contributed by atoms with Gasteiger partial charge in [0.05, 0.1) is 5.92 Å². The summed E-state index contributed by atoms with van der Waals surface area (Å²) in [6.45, 7) is 1.98. The number of nitrogens with one attached hydrogen (secondary N) is 2. The molecule has 0 amide bonds. The van der Waals surface area contributed by atoms with E-state index in [1.807, 2.05) is 0 Å². The van der Waals surface area contributed by atoms with Gasteiger partial charge in [-0.15, -0.1) is 0 Å². The normalized spacial score (nSPS) is 11.9. The van der Waals surface area contributed by atoms with Crippen LogP contribution in [0.25, 0.3) is 0 Å². The quantitative estimate of drug-likeness (QED) is 0.661. The zero-order valence-corrected chi connectivity index (χ0v) is 8.69. The highest BCUT2D eigenvalue weighted by Gasteiger charge is 2.10. The van der Waals surface area contributed by atoms with Crippen LogP contribution in [0.15, 0.2) is 12.4 Å². The largest absolute Gasteiger partial charge is 0.481 e. The number of hydrogen-bond acceptors (Lipinski definition) is 5. The third-order valence-corrected chi connectivity index (χ3v) is 1.93. The zero-order valence-electron chi connectivity index (χ0n) is 8.69. The van der Waals surface area contributed by atoms with Gasteiger partial charge in [0, 0.05) is 19.7 Å². The summed E-state index contributed by atoms with van der Waals surface area (Å²) in [5, 5.41) is 14.5. The lowest BCUT2D eigenvalue weighted by Gasteiger charge is -2.09. The minimum Gasteiger partial charge on any atom is -0.481 e. The molecule has 0 bridgehead atoms. The lowest BCUT2D eigenvalue weighted by atomic mass is 10.2. The van der Waals surface area contributed by atoms with Crippen molar-refractivity contribution in [3.63, 3.8) is 0 Å². The van der Waals surface area contributed by atoms with E-state index in [1.54, 1.807) is 20.0 Å². The molecule has 1 heterocycles. The van der Waals surface area contributed by atoms with Crippen molar-refractivity contribution >= 4 is 17.6 Å². The van der Waals surface area contributed by atoms with E-state index < -0.39 is 11.9 Å². The van der Waals surface area contributed by atoms with E-state index in [4.69, 9.17) is 5.11 Å². The smallest absolute Gasteiger partial charge is 0.308 e. The molecule has 0 aliphatic carbocycles. The monoisotopic (exact) mass is 210 g/mol. The van der Waals surface area contributed by atoms with E-state index in [1.165, 1.54) is 6.33 Å². The number of aliphatic carboxylic acids is 1. The van der Waals surface area contributed by atoms with E-state index in [2.05, 4.69) is 20.6 Å². The van der Waals surface area contributed by atoms with Gasteiger partial charge >= 0.3 is 5.97 Å². The SMILES string of the molecule is CNc1cc(NCC(C)C(=O)O)ncn1. The maximum atomic E-state index is 10.6. The first-order valence-electron chi connectivity index (χ1n) is 4.60. The van der Waals surface area contributed by atoms with E-state index in [0.717, 1.165) is 0 Å². The molecule has 82 valence electrons. The number of carboxylic acids is 1. The maximum Gasteiger partial charge on any atom is 0.308 e. The van der Waals surface area contributed by atoms with Crippen molar-refractivity contribution in [1.82, 2.24) is 9.97 Å². The van der Waals surface area contributed by atoms with Gasteiger partial charge in [-0.1, -0.05) is 6.92 Å². The zero-order chi connectivity index (χ0) is 11.3. The summed E-state index contributed by atoms with van der Waals surface area (Å²) in [6.07, 6.45) is 1.42. The van der Waals surface area contributed by atoms with Crippen molar-refractivity contribution in [3.05, 3.63) is 12.4 Å². The highest BCUT2D eigenvalue weighted by molar-refractivity contribution is 5.70. The summed E-state index contributed by atoms with van der Waals surface area (Å²) in [6, 6.07) is 1.72. The van der Waals surface area contributed by atoms with Crippen LogP contribution in [-0.2, 0) is 4.79 Å². The predicted molar refractivity (Wildman–Crippen MR) is 56.9 cm³/mol. The summed E-state index contributed by atoms with van der Waals surface area (Å²) < 4.78 is 0. The number of aromatic nitrogens is 2. The predicted octanol–water partition coefficient (Wildman–Crippen LogP) is 0.651. The molecule has 0 aliphatic heterocycles. The Hall–Kier alpha value is -1.85. The van der Waals surface area contributed by atoms with Gasteiger partial charge in [-0.25, -0.2) is 9.97 Å². The van der Waals surface area contributed by atoms with Crippen LogP contribution in [0.3, 0.4) is 0 Å². The average molecular weight is 210 g/mol. The van der Waals surface area contributed by atoms with E-state index in [-0.39, 0.29) is 0 Å². The van der Waals surface area contributed by atoms with Crippen molar-refractivity contribution in [2.75, 3.05) is 24.2 Å². The summed E-state index contributed by atoms with van der Waals surface area (Å²) in [5.74, 6) is 0.0290.